The van der Waals surface area contributed by atoms with Gasteiger partial charge in [0, 0.05) is 5.02 Å². The number of carbonyl (C=O) groups is 1. The van der Waals surface area contributed by atoms with Crippen LogP contribution < -0.4 is 4.80 Å². The number of amides is 1. The molecule has 0 saturated carbocycles. The number of hydrogen-bond donors (Lipinski definition) is 0. The smallest absolute Gasteiger partial charge is 0.285 e. The molecular formula is C17H9ClF2N2OS. The fourth-order valence-electron chi connectivity index (χ4n) is 2.22. The molecule has 24 heavy (non-hydrogen) atoms. The second-order valence-electron chi connectivity index (χ2n) is 4.80. The number of halogens is 3. The number of aromatic nitrogens is 1. The van der Waals surface area contributed by atoms with Crippen LogP contribution in [0.3, 0.4) is 0 Å². The molecule has 0 aliphatic rings. The Kier molecular flexibility index (Phi) is 4.47. The maximum absolute atomic E-state index is 13.7. The molecular weight excluding hydrogens is 354 g/mol. The van der Waals surface area contributed by atoms with Gasteiger partial charge in [-0.3, -0.25) is 4.79 Å². The van der Waals surface area contributed by atoms with Crippen LogP contribution >= 0.6 is 22.9 Å². The molecule has 0 aliphatic heterocycles. The van der Waals surface area contributed by atoms with Gasteiger partial charge < -0.3 is 4.57 Å². The molecule has 3 rings (SSSR count). The van der Waals surface area contributed by atoms with E-state index in [0.29, 0.717) is 5.02 Å². The Hall–Kier alpha value is -2.49. The highest BCUT2D eigenvalue weighted by molar-refractivity contribution is 7.16. The summed E-state index contributed by atoms with van der Waals surface area (Å²) >= 11 is 7.12. The van der Waals surface area contributed by atoms with Gasteiger partial charge in [0.2, 0.25) is 0 Å². The first-order valence-corrected chi connectivity index (χ1v) is 7.96. The Balaban J connectivity index is 2.21. The summed E-state index contributed by atoms with van der Waals surface area (Å²) in [5, 5.41) is 0.523. The van der Waals surface area contributed by atoms with Crippen molar-refractivity contribution in [2.75, 3.05) is 0 Å². The lowest BCUT2D eigenvalue weighted by Gasteiger charge is -2.01. The summed E-state index contributed by atoms with van der Waals surface area (Å²) in [4.78, 5) is 16.3. The highest BCUT2D eigenvalue weighted by Crippen LogP contribution is 2.22. The van der Waals surface area contributed by atoms with Gasteiger partial charge in [-0.1, -0.05) is 34.9 Å². The van der Waals surface area contributed by atoms with Crippen molar-refractivity contribution in [3.8, 4) is 12.3 Å². The number of carbonyl (C=O) groups excluding carboxylic acids is 1. The quantitative estimate of drug-likeness (QED) is 0.634. The van der Waals surface area contributed by atoms with E-state index in [0.717, 1.165) is 33.7 Å². The minimum absolute atomic E-state index is 0.160. The highest BCUT2D eigenvalue weighted by atomic mass is 35.5. The van der Waals surface area contributed by atoms with Crippen molar-refractivity contribution < 1.29 is 13.6 Å². The van der Waals surface area contributed by atoms with E-state index in [1.165, 1.54) is 6.07 Å². The lowest BCUT2D eigenvalue weighted by Crippen LogP contribution is -2.17. The minimum Gasteiger partial charge on any atom is -0.305 e. The number of nitrogens with zero attached hydrogens (tertiary/aromatic N) is 2. The van der Waals surface area contributed by atoms with Crippen molar-refractivity contribution in [3.05, 3.63) is 63.4 Å². The molecule has 0 spiro atoms. The van der Waals surface area contributed by atoms with Gasteiger partial charge in [-0.05, 0) is 30.3 Å². The Labute approximate surface area is 144 Å². The Bertz CT molecular complexity index is 1040. The highest BCUT2D eigenvalue weighted by Gasteiger charge is 2.17. The summed E-state index contributed by atoms with van der Waals surface area (Å²) in [6, 6.07) is 8.34. The topological polar surface area (TPSA) is 34.4 Å². The van der Waals surface area contributed by atoms with Crippen LogP contribution in [0.1, 0.15) is 10.4 Å². The molecule has 1 aromatic heterocycles. The van der Waals surface area contributed by atoms with Crippen molar-refractivity contribution in [2.24, 2.45) is 4.99 Å². The second kappa shape index (κ2) is 6.56. The molecule has 0 unspecified atom stereocenters. The van der Waals surface area contributed by atoms with Gasteiger partial charge in [0.25, 0.3) is 5.91 Å². The average molecular weight is 363 g/mol. The largest absolute Gasteiger partial charge is 0.305 e. The second-order valence-corrected chi connectivity index (χ2v) is 6.25. The molecule has 0 atom stereocenters. The van der Waals surface area contributed by atoms with Crippen LogP contribution in [0, 0.1) is 24.0 Å². The molecule has 0 fully saturated rings. The fraction of sp³-hybridized carbons (Fsp3) is 0.0588. The Morgan fingerprint density at radius 1 is 1.29 bits per heavy atom. The Morgan fingerprint density at radius 3 is 2.67 bits per heavy atom. The first-order valence-electron chi connectivity index (χ1n) is 6.76. The van der Waals surface area contributed by atoms with Gasteiger partial charge in [0.1, 0.15) is 17.2 Å². The van der Waals surface area contributed by atoms with Crippen molar-refractivity contribution >= 4 is 39.1 Å². The van der Waals surface area contributed by atoms with Crippen molar-refractivity contribution in [2.45, 2.75) is 6.54 Å². The van der Waals surface area contributed by atoms with Crippen LogP contribution in [0.5, 0.6) is 0 Å². The zero-order chi connectivity index (χ0) is 17.3. The summed E-state index contributed by atoms with van der Waals surface area (Å²) in [5.41, 5.74) is 0.0446. The molecule has 0 aliphatic carbocycles. The van der Waals surface area contributed by atoms with Crippen molar-refractivity contribution in [1.29, 1.82) is 0 Å². The monoisotopic (exact) mass is 362 g/mol. The van der Waals surface area contributed by atoms with Crippen LogP contribution in [-0.4, -0.2) is 10.5 Å². The van der Waals surface area contributed by atoms with Crippen LogP contribution in [0.15, 0.2) is 41.4 Å². The van der Waals surface area contributed by atoms with Gasteiger partial charge in [0.05, 0.1) is 16.8 Å². The lowest BCUT2D eigenvalue weighted by atomic mass is 10.2. The molecule has 0 N–H and O–H groups in total. The van der Waals surface area contributed by atoms with Gasteiger partial charge in [-0.2, -0.15) is 4.99 Å². The van der Waals surface area contributed by atoms with E-state index in [2.05, 4.69) is 10.9 Å². The Morgan fingerprint density at radius 2 is 2.00 bits per heavy atom. The van der Waals surface area contributed by atoms with E-state index in [-0.39, 0.29) is 11.3 Å². The summed E-state index contributed by atoms with van der Waals surface area (Å²) in [6.45, 7) is 0.160. The molecule has 1 heterocycles. The summed E-state index contributed by atoms with van der Waals surface area (Å²) < 4.78 is 29.9. The molecule has 0 bridgehead atoms. The SMILES string of the molecule is C#CCn1c(=NC(=O)c2c(F)cccc2F)sc2cc(Cl)ccc21. The first kappa shape index (κ1) is 16.4. The molecule has 2 aromatic carbocycles. The molecule has 3 nitrogen and oxygen atoms in total. The summed E-state index contributed by atoms with van der Waals surface area (Å²) in [7, 11) is 0. The number of terminal acetylenes is 1. The summed E-state index contributed by atoms with van der Waals surface area (Å²) in [5.74, 6) is -0.459. The van der Waals surface area contributed by atoms with Crippen LogP contribution in [0.2, 0.25) is 5.02 Å². The normalized spacial score (nSPS) is 11.7. The van der Waals surface area contributed by atoms with E-state index in [1.54, 1.807) is 22.8 Å². The van der Waals surface area contributed by atoms with E-state index in [4.69, 9.17) is 18.0 Å². The predicted octanol–water partition coefficient (Wildman–Crippen LogP) is 4.01. The fourth-order valence-corrected chi connectivity index (χ4v) is 3.53. The van der Waals surface area contributed by atoms with Gasteiger partial charge >= 0.3 is 0 Å². The number of fused-ring (bicyclic) bond motifs is 1. The standard InChI is InChI=1S/C17H9ClF2N2OS/c1-2-8-22-13-7-6-10(18)9-14(13)24-17(22)21-16(23)15-11(19)4-3-5-12(15)20/h1,3-7,9H,8H2. The number of rotatable bonds is 2. The minimum atomic E-state index is -1.01. The van der Waals surface area contributed by atoms with Gasteiger partial charge in [0.15, 0.2) is 4.80 Å². The average Bonchev–Trinajstić information content (AvgIpc) is 2.84. The number of benzene rings is 2. The van der Waals surface area contributed by atoms with Crippen LogP contribution in [0.4, 0.5) is 8.78 Å². The van der Waals surface area contributed by atoms with E-state index >= 15 is 0 Å². The maximum atomic E-state index is 13.7. The summed E-state index contributed by atoms with van der Waals surface area (Å²) in [6.07, 6.45) is 5.36. The van der Waals surface area contributed by atoms with E-state index in [9.17, 15) is 13.6 Å². The molecule has 1 amide bonds. The third-order valence-electron chi connectivity index (χ3n) is 3.27. The maximum Gasteiger partial charge on any atom is 0.285 e. The molecule has 7 heteroatoms. The van der Waals surface area contributed by atoms with E-state index < -0.39 is 23.1 Å². The zero-order valence-corrected chi connectivity index (χ0v) is 13.7. The van der Waals surface area contributed by atoms with Gasteiger partial charge in [-0.25, -0.2) is 8.78 Å². The molecule has 0 radical (unpaired) electrons. The number of thiazole rings is 1. The van der Waals surface area contributed by atoms with E-state index in [1.807, 2.05) is 0 Å². The first-order chi connectivity index (χ1) is 11.5. The molecule has 0 saturated heterocycles. The van der Waals surface area contributed by atoms with Crippen LogP contribution in [0.25, 0.3) is 10.2 Å². The zero-order valence-electron chi connectivity index (χ0n) is 12.1. The third kappa shape index (κ3) is 2.96. The molecule has 120 valence electrons. The van der Waals surface area contributed by atoms with Crippen molar-refractivity contribution in [1.82, 2.24) is 4.57 Å². The van der Waals surface area contributed by atoms with Crippen LogP contribution in [-0.2, 0) is 6.54 Å². The third-order valence-corrected chi connectivity index (χ3v) is 4.54. The van der Waals surface area contributed by atoms with Crippen molar-refractivity contribution in [3.63, 3.8) is 0 Å². The number of hydrogen-bond acceptors (Lipinski definition) is 2. The lowest BCUT2D eigenvalue weighted by molar-refractivity contribution is 0.0990. The predicted molar refractivity (Wildman–Crippen MR) is 89.9 cm³/mol. The van der Waals surface area contributed by atoms with Gasteiger partial charge in [-0.15, -0.1) is 6.42 Å². The molecule has 3 aromatic rings.